The summed E-state index contributed by atoms with van der Waals surface area (Å²) in [6.07, 6.45) is -4.37. The van der Waals surface area contributed by atoms with E-state index in [9.17, 15) is 23.1 Å². The van der Waals surface area contributed by atoms with Crippen molar-refractivity contribution in [3.63, 3.8) is 0 Å². The number of alkyl halides is 3. The van der Waals surface area contributed by atoms with Crippen molar-refractivity contribution < 1.29 is 23.1 Å². The molecule has 17 heavy (non-hydrogen) atoms. The first-order valence-corrected chi connectivity index (χ1v) is 5.75. The van der Waals surface area contributed by atoms with Gasteiger partial charge in [0, 0.05) is 6.04 Å². The van der Waals surface area contributed by atoms with E-state index in [0.29, 0.717) is 0 Å². The fourth-order valence-electron chi connectivity index (χ4n) is 2.41. The summed E-state index contributed by atoms with van der Waals surface area (Å²) in [6, 6.07) is -0.0615. The van der Waals surface area contributed by atoms with Crippen molar-refractivity contribution >= 4 is 5.97 Å². The van der Waals surface area contributed by atoms with Crippen molar-refractivity contribution in [1.29, 1.82) is 0 Å². The van der Waals surface area contributed by atoms with Crippen LogP contribution in [0.15, 0.2) is 0 Å². The molecule has 2 N–H and O–H groups in total. The van der Waals surface area contributed by atoms with Gasteiger partial charge < -0.3 is 5.11 Å². The Hall–Kier alpha value is -0.780. The summed E-state index contributed by atoms with van der Waals surface area (Å²) in [6.45, 7) is 3.58. The molecule has 1 fully saturated rings. The second-order valence-corrected chi connectivity index (χ2v) is 5.00. The van der Waals surface area contributed by atoms with Crippen LogP contribution in [0.3, 0.4) is 0 Å². The van der Waals surface area contributed by atoms with Crippen LogP contribution in [0, 0.1) is 5.92 Å². The van der Waals surface area contributed by atoms with Gasteiger partial charge in [0.15, 0.2) is 0 Å². The lowest BCUT2D eigenvalue weighted by Gasteiger charge is -2.39. The van der Waals surface area contributed by atoms with E-state index >= 15 is 0 Å². The summed E-state index contributed by atoms with van der Waals surface area (Å²) in [7, 11) is 0. The molecule has 0 saturated heterocycles. The highest BCUT2D eigenvalue weighted by Gasteiger charge is 2.49. The zero-order valence-electron chi connectivity index (χ0n) is 9.97. The van der Waals surface area contributed by atoms with Crippen molar-refractivity contribution in [2.75, 3.05) is 0 Å². The summed E-state index contributed by atoms with van der Waals surface area (Å²) in [5, 5.41) is 12.1. The van der Waals surface area contributed by atoms with E-state index in [1.165, 1.54) is 0 Å². The fourth-order valence-corrected chi connectivity index (χ4v) is 2.41. The van der Waals surface area contributed by atoms with Crippen LogP contribution in [-0.2, 0) is 4.79 Å². The number of nitrogens with one attached hydrogen (secondary N) is 1. The number of carbonyl (C=O) groups is 1. The number of carboxylic acid groups (broad SMARTS) is 1. The standard InChI is InChI=1S/C11H18F3NO2/c1-7(2)15-10(9(16)17)5-3-8(4-6-10)11(12,13)14/h7-8,15H,3-6H2,1-2H3,(H,16,17). The fraction of sp³-hybridized carbons (Fsp3) is 0.909. The predicted octanol–water partition coefficient (Wildman–Crippen LogP) is 2.56. The molecule has 1 rings (SSSR count). The molecule has 1 aliphatic rings. The average molecular weight is 253 g/mol. The Bertz CT molecular complexity index is 281. The van der Waals surface area contributed by atoms with Gasteiger partial charge in [-0.3, -0.25) is 10.1 Å². The van der Waals surface area contributed by atoms with Crippen LogP contribution >= 0.6 is 0 Å². The van der Waals surface area contributed by atoms with Gasteiger partial charge in [-0.25, -0.2) is 0 Å². The highest BCUT2D eigenvalue weighted by Crippen LogP contribution is 2.41. The molecule has 3 nitrogen and oxygen atoms in total. The molecule has 6 heteroatoms. The number of halogens is 3. The van der Waals surface area contributed by atoms with Gasteiger partial charge in [-0.05, 0) is 39.5 Å². The molecular formula is C11H18F3NO2. The molecule has 1 aliphatic carbocycles. The lowest BCUT2D eigenvalue weighted by molar-refractivity contribution is -0.188. The molecule has 0 radical (unpaired) electrons. The van der Waals surface area contributed by atoms with E-state index in [4.69, 9.17) is 0 Å². The minimum Gasteiger partial charge on any atom is -0.480 e. The molecule has 100 valence electrons. The molecule has 0 atom stereocenters. The van der Waals surface area contributed by atoms with Crippen molar-refractivity contribution in [3.8, 4) is 0 Å². The van der Waals surface area contributed by atoms with Crippen LogP contribution in [-0.4, -0.2) is 28.8 Å². The number of aliphatic carboxylic acids is 1. The lowest BCUT2D eigenvalue weighted by atomic mass is 9.76. The van der Waals surface area contributed by atoms with Gasteiger partial charge in [-0.1, -0.05) is 0 Å². The third-order valence-corrected chi connectivity index (χ3v) is 3.28. The van der Waals surface area contributed by atoms with Gasteiger partial charge in [-0.2, -0.15) is 13.2 Å². The van der Waals surface area contributed by atoms with E-state index in [1.54, 1.807) is 13.8 Å². The van der Waals surface area contributed by atoms with Crippen LogP contribution in [0.1, 0.15) is 39.5 Å². The SMILES string of the molecule is CC(C)NC1(C(=O)O)CCC(C(F)(F)F)CC1. The molecule has 0 spiro atoms. The van der Waals surface area contributed by atoms with Gasteiger partial charge in [0.2, 0.25) is 0 Å². The van der Waals surface area contributed by atoms with Gasteiger partial charge >= 0.3 is 12.1 Å². The largest absolute Gasteiger partial charge is 0.480 e. The molecule has 0 unspecified atom stereocenters. The normalized spacial score (nSPS) is 30.6. The Labute approximate surface area is 98.4 Å². The monoisotopic (exact) mass is 253 g/mol. The number of hydrogen-bond donors (Lipinski definition) is 2. The minimum absolute atomic E-state index is 0.0324. The minimum atomic E-state index is -4.21. The average Bonchev–Trinajstić information content (AvgIpc) is 2.15. The number of hydrogen-bond acceptors (Lipinski definition) is 2. The molecule has 0 aromatic rings. The maximum absolute atomic E-state index is 12.5. The molecule has 0 aromatic heterocycles. The number of carboxylic acids is 1. The van der Waals surface area contributed by atoms with Gasteiger partial charge in [0.1, 0.15) is 5.54 Å². The van der Waals surface area contributed by atoms with Crippen molar-refractivity contribution in [2.45, 2.75) is 57.3 Å². The molecule has 0 aliphatic heterocycles. The predicted molar refractivity (Wildman–Crippen MR) is 56.7 cm³/mol. The molecule has 0 aromatic carbocycles. The zero-order chi connectivity index (χ0) is 13.3. The van der Waals surface area contributed by atoms with Crippen LogP contribution < -0.4 is 5.32 Å². The Kier molecular flexibility index (Phi) is 4.06. The Morgan fingerprint density at radius 3 is 2.12 bits per heavy atom. The first-order valence-electron chi connectivity index (χ1n) is 5.75. The van der Waals surface area contributed by atoms with E-state index in [0.717, 1.165) is 0 Å². The second-order valence-electron chi connectivity index (χ2n) is 5.00. The first-order chi connectivity index (χ1) is 7.67. The van der Waals surface area contributed by atoms with Gasteiger partial charge in [0.25, 0.3) is 0 Å². The summed E-state index contributed by atoms with van der Waals surface area (Å²) in [5.41, 5.74) is -1.18. The van der Waals surface area contributed by atoms with Crippen molar-refractivity contribution in [3.05, 3.63) is 0 Å². The van der Waals surface area contributed by atoms with Crippen LogP contribution in [0.25, 0.3) is 0 Å². The molecule has 1 saturated carbocycles. The third-order valence-electron chi connectivity index (χ3n) is 3.28. The maximum Gasteiger partial charge on any atom is 0.391 e. The van der Waals surface area contributed by atoms with Crippen molar-refractivity contribution in [1.82, 2.24) is 5.32 Å². The molecular weight excluding hydrogens is 235 g/mol. The summed E-state index contributed by atoms with van der Waals surface area (Å²) >= 11 is 0. The Morgan fingerprint density at radius 1 is 1.35 bits per heavy atom. The van der Waals surface area contributed by atoms with E-state index in [2.05, 4.69) is 5.32 Å². The quantitative estimate of drug-likeness (QED) is 0.812. The highest BCUT2D eigenvalue weighted by molar-refractivity contribution is 5.79. The molecule has 0 heterocycles. The summed E-state index contributed by atoms with van der Waals surface area (Å²) in [5.74, 6) is -2.41. The van der Waals surface area contributed by atoms with Gasteiger partial charge in [-0.15, -0.1) is 0 Å². The Morgan fingerprint density at radius 2 is 1.82 bits per heavy atom. The summed E-state index contributed by atoms with van der Waals surface area (Å²) < 4.78 is 37.5. The van der Waals surface area contributed by atoms with Crippen LogP contribution in [0.4, 0.5) is 13.2 Å². The Balaban J connectivity index is 2.71. The van der Waals surface area contributed by atoms with E-state index < -0.39 is 23.6 Å². The molecule has 0 bridgehead atoms. The lowest BCUT2D eigenvalue weighted by Crippen LogP contribution is -2.57. The summed E-state index contributed by atoms with van der Waals surface area (Å²) in [4.78, 5) is 11.2. The van der Waals surface area contributed by atoms with Crippen LogP contribution in [0.2, 0.25) is 0 Å². The van der Waals surface area contributed by atoms with E-state index in [1.807, 2.05) is 0 Å². The highest BCUT2D eigenvalue weighted by atomic mass is 19.4. The maximum atomic E-state index is 12.5. The third kappa shape index (κ3) is 3.34. The van der Waals surface area contributed by atoms with Crippen LogP contribution in [0.5, 0.6) is 0 Å². The first kappa shape index (κ1) is 14.3. The van der Waals surface area contributed by atoms with Crippen molar-refractivity contribution in [2.24, 2.45) is 5.92 Å². The molecule has 0 amide bonds. The smallest absolute Gasteiger partial charge is 0.391 e. The van der Waals surface area contributed by atoms with Gasteiger partial charge in [0.05, 0.1) is 5.92 Å². The second kappa shape index (κ2) is 4.84. The zero-order valence-corrected chi connectivity index (χ0v) is 9.97. The van der Waals surface area contributed by atoms with E-state index in [-0.39, 0.29) is 31.7 Å². The number of rotatable bonds is 3. The topological polar surface area (TPSA) is 49.3 Å².